The number of nitrogens with one attached hydrogen (secondary N) is 1. The molecule has 1 N–H and O–H groups in total. The number of ketones is 1. The highest BCUT2D eigenvalue weighted by Crippen LogP contribution is 2.39. The van der Waals surface area contributed by atoms with Crippen molar-refractivity contribution in [2.24, 2.45) is 5.92 Å². The lowest BCUT2D eigenvalue weighted by atomic mass is 9.87. The number of carbonyl (C=O) groups excluding carboxylic acids is 2. The summed E-state index contributed by atoms with van der Waals surface area (Å²) in [6.45, 7) is 9.40. The number of benzene rings is 4. The minimum Gasteiger partial charge on any atom is -0.495 e. The normalized spacial score (nSPS) is 15.8. The number of hydrogen-bond acceptors (Lipinski definition) is 8. The minimum atomic E-state index is -0.738. The maximum atomic E-state index is 13.4. The Morgan fingerprint density at radius 2 is 1.28 bits per heavy atom. The van der Waals surface area contributed by atoms with Crippen LogP contribution in [0.3, 0.4) is 0 Å². The Balaban J connectivity index is 0.000000175. The minimum absolute atomic E-state index is 0.104. The number of hydrogen-bond donors (Lipinski definition) is 1. The topological polar surface area (TPSA) is 123 Å². The van der Waals surface area contributed by atoms with Gasteiger partial charge in [0.1, 0.15) is 29.1 Å². The van der Waals surface area contributed by atoms with Crippen molar-refractivity contribution in [1.82, 2.24) is 34.2 Å². The van der Waals surface area contributed by atoms with E-state index in [2.05, 4.69) is 38.1 Å². The third-order valence-corrected chi connectivity index (χ3v) is 12.3. The van der Waals surface area contributed by atoms with E-state index >= 15 is 0 Å². The van der Waals surface area contributed by atoms with Crippen LogP contribution in [-0.2, 0) is 11.2 Å². The first kappa shape index (κ1) is 43.6. The van der Waals surface area contributed by atoms with Gasteiger partial charge in [0.2, 0.25) is 5.91 Å². The van der Waals surface area contributed by atoms with Crippen LogP contribution in [-0.4, -0.2) is 73.2 Å². The summed E-state index contributed by atoms with van der Waals surface area (Å²) >= 11 is 0. The highest BCUT2D eigenvalue weighted by atomic mass is 19.1. The molecule has 4 aromatic carbocycles. The number of aromatic amines is 1. The summed E-state index contributed by atoms with van der Waals surface area (Å²) in [5, 5.41) is 7.96. The Bertz CT molecular complexity index is 2760. The van der Waals surface area contributed by atoms with Crippen molar-refractivity contribution in [3.63, 3.8) is 0 Å². The number of aryl methyl sites for hydroxylation is 2. The molecule has 64 heavy (non-hydrogen) atoms. The first-order chi connectivity index (χ1) is 30.9. The second-order valence-electron chi connectivity index (χ2n) is 16.4. The smallest absolute Gasteiger partial charge is 0.234 e. The van der Waals surface area contributed by atoms with Crippen LogP contribution in [0.2, 0.25) is 0 Å². The first-order valence-corrected chi connectivity index (χ1v) is 21.5. The Morgan fingerprint density at radius 1 is 0.734 bits per heavy atom. The molecule has 5 heterocycles. The van der Waals surface area contributed by atoms with E-state index in [4.69, 9.17) is 9.47 Å². The fraction of sp³-hybridized carbons (Fsp3) is 0.300. The predicted molar refractivity (Wildman–Crippen MR) is 241 cm³/mol. The quantitative estimate of drug-likeness (QED) is 0.101. The van der Waals surface area contributed by atoms with Gasteiger partial charge in [-0.05, 0) is 119 Å². The molecule has 0 aliphatic carbocycles. The van der Waals surface area contributed by atoms with Crippen LogP contribution < -0.4 is 14.4 Å². The molecule has 1 saturated heterocycles. The molecule has 0 bridgehead atoms. The number of aromatic nitrogens is 6. The number of methoxy groups -OCH3 is 2. The number of nitrogens with zero attached hydrogens (tertiary/aromatic N) is 7. The number of piperidine rings is 1. The molecule has 330 valence electrons. The number of ether oxygens (including phenoxy) is 2. The van der Waals surface area contributed by atoms with Gasteiger partial charge in [0.05, 0.1) is 67.4 Å². The Hall–Kier alpha value is -7.09. The van der Waals surface area contributed by atoms with Crippen LogP contribution >= 0.6 is 0 Å². The number of Topliss-reactive ketones (excluding diaryl/α,β-unsaturated/α-hetero) is 1. The third-order valence-electron chi connectivity index (χ3n) is 12.3. The second-order valence-corrected chi connectivity index (χ2v) is 16.4. The van der Waals surface area contributed by atoms with Crippen LogP contribution in [0.5, 0.6) is 11.5 Å². The lowest BCUT2D eigenvalue weighted by molar-refractivity contribution is -0.138. The molecule has 3 atom stereocenters. The van der Waals surface area contributed by atoms with Gasteiger partial charge < -0.3 is 28.4 Å². The summed E-state index contributed by atoms with van der Waals surface area (Å²) in [5.74, 6) is 0.606. The molecule has 3 aromatic heterocycles. The summed E-state index contributed by atoms with van der Waals surface area (Å²) in [7, 11) is 3.23. The number of amides is 1. The lowest BCUT2D eigenvalue weighted by Gasteiger charge is -2.36. The maximum Gasteiger partial charge on any atom is 0.234 e. The molecular formula is C50H52F2N8O4. The average Bonchev–Trinajstić information content (AvgIpc) is 4.08. The summed E-state index contributed by atoms with van der Waals surface area (Å²) < 4.78 is 41.7. The lowest BCUT2D eigenvalue weighted by Crippen LogP contribution is -2.45. The molecule has 12 nitrogen and oxygen atoms in total. The molecule has 2 aliphatic heterocycles. The molecule has 2 aliphatic rings. The van der Waals surface area contributed by atoms with E-state index in [1.165, 1.54) is 29.8 Å². The molecular weight excluding hydrogens is 815 g/mol. The van der Waals surface area contributed by atoms with E-state index in [0.717, 1.165) is 82.5 Å². The van der Waals surface area contributed by atoms with Crippen LogP contribution in [0.25, 0.3) is 22.6 Å². The van der Waals surface area contributed by atoms with Crippen molar-refractivity contribution in [2.75, 3.05) is 32.2 Å². The second kappa shape index (κ2) is 18.7. The number of halogens is 2. The summed E-state index contributed by atoms with van der Waals surface area (Å²) in [6.07, 6.45) is 10.6. The van der Waals surface area contributed by atoms with Gasteiger partial charge in [-0.25, -0.2) is 18.7 Å². The number of likely N-dealkylation sites (tertiary alicyclic amines) is 1. The van der Waals surface area contributed by atoms with Crippen LogP contribution in [0.4, 0.5) is 14.6 Å². The highest BCUT2D eigenvalue weighted by Gasteiger charge is 2.37. The molecule has 14 heteroatoms. The fourth-order valence-corrected chi connectivity index (χ4v) is 8.75. The van der Waals surface area contributed by atoms with E-state index in [0.29, 0.717) is 24.3 Å². The largest absolute Gasteiger partial charge is 0.495 e. The number of H-pyrrole nitrogens is 1. The van der Waals surface area contributed by atoms with E-state index in [-0.39, 0.29) is 35.4 Å². The predicted octanol–water partition coefficient (Wildman–Crippen LogP) is 9.74. The summed E-state index contributed by atoms with van der Waals surface area (Å²) in [4.78, 5) is 39.1. The van der Waals surface area contributed by atoms with Gasteiger partial charge in [-0.15, -0.1) is 0 Å². The van der Waals surface area contributed by atoms with E-state index in [1.54, 1.807) is 62.1 Å². The van der Waals surface area contributed by atoms with Crippen molar-refractivity contribution >= 4 is 17.5 Å². The average molecular weight is 867 g/mol. The molecule has 0 spiro atoms. The van der Waals surface area contributed by atoms with Crippen molar-refractivity contribution < 1.29 is 27.8 Å². The fourth-order valence-electron chi connectivity index (χ4n) is 8.75. The van der Waals surface area contributed by atoms with Crippen molar-refractivity contribution in [3.05, 3.63) is 155 Å². The van der Waals surface area contributed by atoms with Crippen molar-refractivity contribution in [3.8, 4) is 34.1 Å². The van der Waals surface area contributed by atoms with E-state index in [9.17, 15) is 18.4 Å². The van der Waals surface area contributed by atoms with Gasteiger partial charge in [-0.1, -0.05) is 30.3 Å². The number of fused-ring (bicyclic) bond motifs is 1. The van der Waals surface area contributed by atoms with Crippen LogP contribution in [0.1, 0.15) is 83.6 Å². The van der Waals surface area contributed by atoms with Crippen molar-refractivity contribution in [2.45, 2.75) is 65.5 Å². The third kappa shape index (κ3) is 8.90. The van der Waals surface area contributed by atoms with Crippen LogP contribution in [0, 0.1) is 31.4 Å². The molecule has 0 saturated carbocycles. The number of rotatable bonds is 11. The molecule has 7 aromatic rings. The number of carbonyl (C=O) groups is 2. The molecule has 3 unspecified atom stereocenters. The first-order valence-electron chi connectivity index (χ1n) is 21.5. The van der Waals surface area contributed by atoms with Gasteiger partial charge in [0.25, 0.3) is 0 Å². The Morgan fingerprint density at radius 3 is 1.84 bits per heavy atom. The summed E-state index contributed by atoms with van der Waals surface area (Å²) in [6, 6.07) is 24.1. The summed E-state index contributed by atoms with van der Waals surface area (Å²) in [5.41, 5.74) is 9.15. The SMILES string of the molecule is COc1cc(-c2[nH]nc3c2CCCN3C(C)c2ccc(F)cc2)ccc1-n1cnc(C)c1.COc1cc(C(=O)C2CCCN(C(C)c3ccc(F)cc3)C2=O)ccc1-n1cnc(C)c1. The molecule has 1 amide bonds. The van der Waals surface area contributed by atoms with Gasteiger partial charge in [-0.3, -0.25) is 14.7 Å². The number of imidazole rings is 2. The standard InChI is InChI=1S/C25H26FN5O.C25H26FN3O3/c1-16-14-30(15-27-16)22-11-8-19(13-23(22)32-3)24-21-5-4-12-31(25(21)29-28-24)17(2)18-6-9-20(26)10-7-18;1-16-14-28(15-27-16)22-11-8-19(13-23(22)32-3)24(30)21-5-4-12-29(25(21)31)17(2)18-6-9-20(26)10-7-18/h6-11,13-15,17H,4-5,12H2,1-3H3,(H,28,29);6-11,13-15,17,21H,4-5,12H2,1-3H3. The Kier molecular flexibility index (Phi) is 12.7. The molecule has 1 fully saturated rings. The maximum absolute atomic E-state index is 13.4. The van der Waals surface area contributed by atoms with Crippen LogP contribution in [0.15, 0.2) is 110 Å². The van der Waals surface area contributed by atoms with Gasteiger partial charge in [-0.2, -0.15) is 5.10 Å². The zero-order chi connectivity index (χ0) is 45.1. The molecule has 9 rings (SSSR count). The van der Waals surface area contributed by atoms with Gasteiger partial charge in [0.15, 0.2) is 11.6 Å². The monoisotopic (exact) mass is 866 g/mol. The van der Waals surface area contributed by atoms with E-state index < -0.39 is 5.92 Å². The number of anilines is 1. The van der Waals surface area contributed by atoms with Gasteiger partial charge >= 0.3 is 0 Å². The zero-order valence-electron chi connectivity index (χ0n) is 36.9. The zero-order valence-corrected chi connectivity index (χ0v) is 36.9. The van der Waals surface area contributed by atoms with E-state index in [1.807, 2.05) is 66.6 Å². The van der Waals surface area contributed by atoms with Crippen molar-refractivity contribution in [1.29, 1.82) is 0 Å². The van der Waals surface area contributed by atoms with Gasteiger partial charge in [0, 0.05) is 42.2 Å². The molecule has 0 radical (unpaired) electrons. The Labute approximate surface area is 371 Å². The highest BCUT2D eigenvalue weighted by molar-refractivity contribution is 6.10.